The summed E-state index contributed by atoms with van der Waals surface area (Å²) in [6, 6.07) is 2.60. The quantitative estimate of drug-likeness (QED) is 0.493. The van der Waals surface area contributed by atoms with Crippen LogP contribution in [-0.2, 0) is 9.53 Å². The van der Waals surface area contributed by atoms with Gasteiger partial charge in [0.1, 0.15) is 0 Å². The predicted molar refractivity (Wildman–Crippen MR) is 63.6 cm³/mol. The standard InChI is InChI=1S/C13H12O5/c1-3-18-13(16)5-4-9-7-12(17-2)11(15)6-10(9)8-14/h6-8,15H,3H2,1-2H3. The number of hydrogen-bond acceptors (Lipinski definition) is 5. The minimum absolute atomic E-state index is 0.165. The van der Waals surface area contributed by atoms with E-state index >= 15 is 0 Å². The molecule has 0 spiro atoms. The average molecular weight is 248 g/mol. The van der Waals surface area contributed by atoms with E-state index in [0.717, 1.165) is 0 Å². The van der Waals surface area contributed by atoms with Crippen molar-refractivity contribution in [3.63, 3.8) is 0 Å². The van der Waals surface area contributed by atoms with Crippen LogP contribution in [-0.4, -0.2) is 31.1 Å². The van der Waals surface area contributed by atoms with Crippen LogP contribution in [0.3, 0.4) is 0 Å². The van der Waals surface area contributed by atoms with Gasteiger partial charge >= 0.3 is 5.97 Å². The maximum absolute atomic E-state index is 11.1. The van der Waals surface area contributed by atoms with E-state index in [9.17, 15) is 14.7 Å². The van der Waals surface area contributed by atoms with Crippen molar-refractivity contribution in [3.05, 3.63) is 23.3 Å². The monoisotopic (exact) mass is 248 g/mol. The van der Waals surface area contributed by atoms with Crippen molar-refractivity contribution < 1.29 is 24.2 Å². The summed E-state index contributed by atoms with van der Waals surface area (Å²) < 4.78 is 9.53. The topological polar surface area (TPSA) is 72.8 Å². The summed E-state index contributed by atoms with van der Waals surface area (Å²) in [7, 11) is 1.37. The third-order valence-corrected chi connectivity index (χ3v) is 2.05. The Labute approximate surface area is 104 Å². The normalized spacial score (nSPS) is 9.00. The molecule has 5 nitrogen and oxygen atoms in total. The molecule has 0 amide bonds. The second-order valence-electron chi connectivity index (χ2n) is 3.20. The smallest absolute Gasteiger partial charge is 0.384 e. The fourth-order valence-corrected chi connectivity index (χ4v) is 1.24. The van der Waals surface area contributed by atoms with Crippen LogP contribution < -0.4 is 4.74 Å². The van der Waals surface area contributed by atoms with Crippen LogP contribution in [0.5, 0.6) is 11.5 Å². The minimum Gasteiger partial charge on any atom is -0.504 e. The van der Waals surface area contributed by atoms with E-state index in [0.29, 0.717) is 6.29 Å². The number of carbonyl (C=O) groups excluding carboxylic acids is 2. The molecule has 0 atom stereocenters. The number of phenols is 1. The number of benzene rings is 1. The molecule has 1 rings (SSSR count). The molecule has 1 aromatic rings. The highest BCUT2D eigenvalue weighted by molar-refractivity contribution is 5.90. The lowest BCUT2D eigenvalue weighted by Crippen LogP contribution is -2.00. The number of phenolic OH excluding ortho intramolecular Hbond substituents is 1. The Morgan fingerprint density at radius 1 is 1.50 bits per heavy atom. The molecule has 5 heteroatoms. The molecule has 0 aliphatic rings. The van der Waals surface area contributed by atoms with Gasteiger partial charge in [-0.3, -0.25) is 4.79 Å². The highest BCUT2D eigenvalue weighted by Gasteiger charge is 2.08. The Morgan fingerprint density at radius 2 is 2.22 bits per heavy atom. The summed E-state index contributed by atoms with van der Waals surface area (Å²) in [6.07, 6.45) is 0.536. The molecule has 0 saturated heterocycles. The Morgan fingerprint density at radius 3 is 2.78 bits per heavy atom. The number of carbonyl (C=O) groups is 2. The van der Waals surface area contributed by atoms with Crippen LogP contribution >= 0.6 is 0 Å². The zero-order valence-corrected chi connectivity index (χ0v) is 10.0. The Bertz CT molecular complexity index is 522. The lowest BCUT2D eigenvalue weighted by atomic mass is 10.1. The zero-order chi connectivity index (χ0) is 13.5. The Kier molecular flexibility index (Phi) is 4.76. The molecule has 0 saturated carbocycles. The van der Waals surface area contributed by atoms with E-state index in [1.165, 1.54) is 19.2 Å². The van der Waals surface area contributed by atoms with Gasteiger partial charge in [-0.25, -0.2) is 4.79 Å². The van der Waals surface area contributed by atoms with E-state index < -0.39 is 5.97 Å². The molecule has 94 valence electrons. The van der Waals surface area contributed by atoms with Gasteiger partial charge < -0.3 is 14.6 Å². The highest BCUT2D eigenvalue weighted by atomic mass is 16.5. The summed E-state index contributed by atoms with van der Waals surface area (Å²) >= 11 is 0. The first-order valence-electron chi connectivity index (χ1n) is 5.17. The molecule has 0 unspecified atom stereocenters. The first-order valence-corrected chi connectivity index (χ1v) is 5.17. The summed E-state index contributed by atoms with van der Waals surface area (Å²) in [5.74, 6) is 4.07. The van der Waals surface area contributed by atoms with Crippen LogP contribution in [0, 0.1) is 11.8 Å². The number of aromatic hydroxyl groups is 1. The molecule has 1 aromatic carbocycles. The van der Waals surface area contributed by atoms with E-state index in [-0.39, 0.29) is 29.2 Å². The summed E-state index contributed by atoms with van der Waals surface area (Å²) in [6.45, 7) is 1.90. The van der Waals surface area contributed by atoms with Crippen LogP contribution in [0.2, 0.25) is 0 Å². The lowest BCUT2D eigenvalue weighted by molar-refractivity contribution is -0.136. The van der Waals surface area contributed by atoms with Crippen LogP contribution in [0.25, 0.3) is 0 Å². The average Bonchev–Trinajstić information content (AvgIpc) is 2.37. The van der Waals surface area contributed by atoms with Gasteiger partial charge in [-0.2, -0.15) is 0 Å². The van der Waals surface area contributed by atoms with Crippen LogP contribution in [0.1, 0.15) is 22.8 Å². The molecule has 0 radical (unpaired) electrons. The summed E-state index contributed by atoms with van der Waals surface area (Å²) in [5.41, 5.74) is 0.456. The largest absolute Gasteiger partial charge is 0.504 e. The molecule has 0 aliphatic carbocycles. The van der Waals surface area contributed by atoms with Gasteiger partial charge in [0.2, 0.25) is 0 Å². The van der Waals surface area contributed by atoms with Crippen molar-refractivity contribution in [1.82, 2.24) is 0 Å². The minimum atomic E-state index is -0.679. The van der Waals surface area contributed by atoms with Gasteiger partial charge in [-0.15, -0.1) is 0 Å². The number of hydrogen-bond donors (Lipinski definition) is 1. The maximum Gasteiger partial charge on any atom is 0.384 e. The van der Waals surface area contributed by atoms with E-state index in [1.807, 2.05) is 0 Å². The van der Waals surface area contributed by atoms with Crippen molar-refractivity contribution in [1.29, 1.82) is 0 Å². The van der Waals surface area contributed by atoms with E-state index in [1.54, 1.807) is 6.92 Å². The second kappa shape index (κ2) is 6.30. The third-order valence-electron chi connectivity index (χ3n) is 2.05. The number of aldehydes is 1. The van der Waals surface area contributed by atoms with Gasteiger partial charge in [-0.05, 0) is 13.0 Å². The van der Waals surface area contributed by atoms with Crippen LogP contribution in [0.15, 0.2) is 12.1 Å². The molecule has 0 heterocycles. The molecule has 0 aromatic heterocycles. The van der Waals surface area contributed by atoms with Crippen molar-refractivity contribution in [3.8, 4) is 23.3 Å². The predicted octanol–water partition coefficient (Wildman–Crippen LogP) is 1.13. The third kappa shape index (κ3) is 3.25. The molecule has 18 heavy (non-hydrogen) atoms. The number of methoxy groups -OCH3 is 1. The van der Waals surface area contributed by atoms with Crippen molar-refractivity contribution in [2.45, 2.75) is 6.92 Å². The van der Waals surface area contributed by atoms with E-state index in [2.05, 4.69) is 16.6 Å². The van der Waals surface area contributed by atoms with E-state index in [4.69, 9.17) is 4.74 Å². The molecule has 0 bridgehead atoms. The first-order chi connectivity index (χ1) is 8.62. The fourth-order valence-electron chi connectivity index (χ4n) is 1.24. The molecular weight excluding hydrogens is 236 g/mol. The molecular formula is C13H12O5. The van der Waals surface area contributed by atoms with Crippen LogP contribution in [0.4, 0.5) is 0 Å². The molecule has 0 aliphatic heterocycles. The van der Waals surface area contributed by atoms with Gasteiger partial charge in [0.25, 0.3) is 0 Å². The maximum atomic E-state index is 11.1. The molecule has 1 N–H and O–H groups in total. The summed E-state index contributed by atoms with van der Waals surface area (Å²) in [5, 5.41) is 9.48. The van der Waals surface area contributed by atoms with Crippen molar-refractivity contribution in [2.75, 3.05) is 13.7 Å². The fraction of sp³-hybridized carbons (Fsp3) is 0.231. The SMILES string of the molecule is CCOC(=O)C#Cc1cc(OC)c(O)cc1C=O. The van der Waals surface area contributed by atoms with Gasteiger partial charge in [0, 0.05) is 23.1 Å². The number of rotatable bonds is 3. The van der Waals surface area contributed by atoms with Gasteiger partial charge in [0.15, 0.2) is 17.8 Å². The first kappa shape index (κ1) is 13.6. The Hall–Kier alpha value is -2.48. The van der Waals surface area contributed by atoms with Gasteiger partial charge in [0.05, 0.1) is 13.7 Å². The summed E-state index contributed by atoms with van der Waals surface area (Å²) in [4.78, 5) is 21.9. The lowest BCUT2D eigenvalue weighted by Gasteiger charge is -2.05. The molecule has 0 fully saturated rings. The van der Waals surface area contributed by atoms with Crippen molar-refractivity contribution in [2.24, 2.45) is 0 Å². The number of esters is 1. The van der Waals surface area contributed by atoms with Crippen molar-refractivity contribution >= 4 is 12.3 Å². The number of ether oxygens (including phenoxy) is 2. The Balaban J connectivity index is 3.14. The second-order valence-corrected chi connectivity index (χ2v) is 3.20. The van der Waals surface area contributed by atoms with Gasteiger partial charge in [-0.1, -0.05) is 5.92 Å². The zero-order valence-electron chi connectivity index (χ0n) is 10.0. The highest BCUT2D eigenvalue weighted by Crippen LogP contribution is 2.28.